The fourth-order valence-corrected chi connectivity index (χ4v) is 4.05. The van der Waals surface area contributed by atoms with Crippen molar-refractivity contribution in [2.75, 3.05) is 38.7 Å². The first kappa shape index (κ1) is 20.6. The fourth-order valence-electron chi connectivity index (χ4n) is 3.44. The zero-order chi connectivity index (χ0) is 20.1. The molecule has 1 amide bonds. The minimum atomic E-state index is -0.0799. The lowest BCUT2D eigenvalue weighted by molar-refractivity contribution is -0.117. The van der Waals surface area contributed by atoms with Crippen LogP contribution in [0.15, 0.2) is 4.79 Å². The molecule has 3 heterocycles. The normalized spacial score (nSPS) is 15.8. The summed E-state index contributed by atoms with van der Waals surface area (Å²) in [5.74, 6) is 0.988. The molecule has 1 fully saturated rings. The number of aryl methyl sites for hydroxylation is 1. The second-order valence-corrected chi connectivity index (χ2v) is 8.01. The average Bonchev–Trinajstić information content (AvgIpc) is 3.23. The molecule has 2 aromatic rings. The van der Waals surface area contributed by atoms with Crippen molar-refractivity contribution in [2.24, 2.45) is 0 Å². The molecule has 0 bridgehead atoms. The lowest BCUT2D eigenvalue weighted by Gasteiger charge is -2.30. The van der Waals surface area contributed by atoms with Crippen molar-refractivity contribution < 1.29 is 9.53 Å². The van der Waals surface area contributed by atoms with E-state index in [4.69, 9.17) is 4.74 Å². The van der Waals surface area contributed by atoms with Gasteiger partial charge in [-0.2, -0.15) is 5.10 Å². The number of aromatic nitrogens is 5. The highest BCUT2D eigenvalue weighted by Gasteiger charge is 2.27. The Labute approximate surface area is 167 Å². The van der Waals surface area contributed by atoms with Crippen molar-refractivity contribution in [3.05, 3.63) is 21.3 Å². The van der Waals surface area contributed by atoms with Gasteiger partial charge in [0, 0.05) is 19.6 Å². The summed E-state index contributed by atoms with van der Waals surface area (Å²) in [5.41, 5.74) is -0.0799. The van der Waals surface area contributed by atoms with Crippen LogP contribution in [-0.4, -0.2) is 68.7 Å². The summed E-state index contributed by atoms with van der Waals surface area (Å²) in [4.78, 5) is 26.8. The van der Waals surface area contributed by atoms with E-state index in [0.29, 0.717) is 31.4 Å². The predicted molar refractivity (Wildman–Crippen MR) is 106 cm³/mol. The van der Waals surface area contributed by atoms with Crippen LogP contribution in [0.3, 0.4) is 0 Å². The van der Waals surface area contributed by atoms with Crippen LogP contribution in [0.2, 0.25) is 0 Å². The fraction of sp³-hybridized carbons (Fsp3) is 0.706. The Morgan fingerprint density at radius 1 is 1.32 bits per heavy atom. The number of anilines is 1. The summed E-state index contributed by atoms with van der Waals surface area (Å²) >= 11 is 1.36. The molecular weight excluding hydrogens is 382 g/mol. The van der Waals surface area contributed by atoms with Gasteiger partial charge < -0.3 is 4.74 Å². The molecule has 0 radical (unpaired) electrons. The van der Waals surface area contributed by atoms with Gasteiger partial charge in [0.15, 0.2) is 0 Å². The van der Waals surface area contributed by atoms with Crippen molar-refractivity contribution in [3.63, 3.8) is 0 Å². The van der Waals surface area contributed by atoms with Crippen LogP contribution < -0.4 is 11.0 Å². The zero-order valence-electron chi connectivity index (χ0n) is 16.6. The van der Waals surface area contributed by atoms with Gasteiger partial charge in [0.05, 0.1) is 19.7 Å². The van der Waals surface area contributed by atoms with Crippen LogP contribution in [0, 0.1) is 6.92 Å². The number of amides is 1. The summed E-state index contributed by atoms with van der Waals surface area (Å²) in [7, 11) is 1.61. The first-order valence-corrected chi connectivity index (χ1v) is 10.3. The van der Waals surface area contributed by atoms with Crippen LogP contribution in [0.1, 0.15) is 36.5 Å². The van der Waals surface area contributed by atoms with Gasteiger partial charge >= 0.3 is 5.69 Å². The predicted octanol–water partition coefficient (Wildman–Crippen LogP) is 0.689. The molecule has 0 aliphatic carbocycles. The molecule has 0 saturated carbocycles. The number of carbonyl (C=O) groups excluding carboxylic acids is 1. The molecule has 0 aromatic carbocycles. The monoisotopic (exact) mass is 409 g/mol. The number of carbonyl (C=O) groups is 1. The van der Waals surface area contributed by atoms with Crippen molar-refractivity contribution in [2.45, 2.75) is 45.7 Å². The van der Waals surface area contributed by atoms with Gasteiger partial charge in [0.2, 0.25) is 11.0 Å². The molecule has 2 aromatic heterocycles. The summed E-state index contributed by atoms with van der Waals surface area (Å²) in [5, 5.41) is 16.5. The van der Waals surface area contributed by atoms with E-state index in [2.05, 4.69) is 25.5 Å². The maximum Gasteiger partial charge on any atom is 0.345 e. The Hall–Kier alpha value is -2.11. The van der Waals surface area contributed by atoms with Crippen LogP contribution in [-0.2, 0) is 22.6 Å². The highest BCUT2D eigenvalue weighted by molar-refractivity contribution is 7.15. The van der Waals surface area contributed by atoms with Crippen molar-refractivity contribution in [1.82, 2.24) is 29.4 Å². The summed E-state index contributed by atoms with van der Waals surface area (Å²) in [6, 6.07) is 0. The topological polar surface area (TPSA) is 107 Å². The number of rotatable bonds is 8. The maximum absolute atomic E-state index is 12.5. The largest absolute Gasteiger partial charge is 0.383 e. The molecule has 3 rings (SSSR count). The van der Waals surface area contributed by atoms with Gasteiger partial charge in [0.25, 0.3) is 0 Å². The van der Waals surface area contributed by atoms with E-state index < -0.39 is 0 Å². The number of piperidine rings is 1. The molecule has 0 atom stereocenters. The second-order valence-electron chi connectivity index (χ2n) is 6.83. The summed E-state index contributed by atoms with van der Waals surface area (Å²) in [6.07, 6.45) is 1.73. The molecular formula is C17H27N7O3S. The molecule has 0 spiro atoms. The third-order valence-electron chi connectivity index (χ3n) is 4.87. The Morgan fingerprint density at radius 2 is 2.07 bits per heavy atom. The second kappa shape index (κ2) is 9.39. The number of methoxy groups -OCH3 is 1. The third kappa shape index (κ3) is 4.83. The smallest absolute Gasteiger partial charge is 0.345 e. The van der Waals surface area contributed by atoms with E-state index in [0.717, 1.165) is 36.8 Å². The van der Waals surface area contributed by atoms with Gasteiger partial charge in [0.1, 0.15) is 10.8 Å². The van der Waals surface area contributed by atoms with Gasteiger partial charge in [-0.3, -0.25) is 19.6 Å². The van der Waals surface area contributed by atoms with E-state index in [1.54, 1.807) is 11.7 Å². The number of hydrogen-bond donors (Lipinski definition) is 1. The van der Waals surface area contributed by atoms with E-state index in [9.17, 15) is 9.59 Å². The molecule has 11 heteroatoms. The Morgan fingerprint density at radius 3 is 2.68 bits per heavy atom. The van der Waals surface area contributed by atoms with Crippen molar-refractivity contribution >= 4 is 22.4 Å². The molecule has 1 aliphatic rings. The lowest BCUT2D eigenvalue weighted by atomic mass is 9.96. The first-order valence-electron chi connectivity index (χ1n) is 9.50. The average molecular weight is 410 g/mol. The first-order chi connectivity index (χ1) is 13.5. The SMILES string of the molecule is CCn1c(C2CCN(CC(=O)Nc3nnc(C)s3)CC2)nn(CCOC)c1=O. The Bertz CT molecular complexity index is 851. The highest BCUT2D eigenvalue weighted by Crippen LogP contribution is 2.26. The zero-order valence-corrected chi connectivity index (χ0v) is 17.4. The quantitative estimate of drug-likeness (QED) is 0.683. The molecule has 10 nitrogen and oxygen atoms in total. The Balaban J connectivity index is 1.56. The number of nitrogens with zero attached hydrogens (tertiary/aromatic N) is 6. The number of likely N-dealkylation sites (tertiary alicyclic amines) is 1. The minimum Gasteiger partial charge on any atom is -0.383 e. The van der Waals surface area contributed by atoms with E-state index >= 15 is 0 Å². The minimum absolute atomic E-state index is 0.0797. The summed E-state index contributed by atoms with van der Waals surface area (Å²) < 4.78 is 8.31. The van der Waals surface area contributed by atoms with Gasteiger partial charge in [-0.15, -0.1) is 10.2 Å². The maximum atomic E-state index is 12.5. The molecule has 1 aliphatic heterocycles. The molecule has 28 heavy (non-hydrogen) atoms. The van der Waals surface area contributed by atoms with Gasteiger partial charge in [-0.25, -0.2) is 9.48 Å². The van der Waals surface area contributed by atoms with E-state index in [1.165, 1.54) is 16.0 Å². The lowest BCUT2D eigenvalue weighted by Crippen LogP contribution is -2.39. The van der Waals surface area contributed by atoms with E-state index in [1.807, 2.05) is 13.8 Å². The summed E-state index contributed by atoms with van der Waals surface area (Å²) in [6.45, 7) is 7.24. The molecule has 0 unspecified atom stereocenters. The van der Waals surface area contributed by atoms with Gasteiger partial charge in [-0.05, 0) is 39.8 Å². The van der Waals surface area contributed by atoms with Crippen molar-refractivity contribution in [1.29, 1.82) is 0 Å². The Kier molecular flexibility index (Phi) is 6.92. The van der Waals surface area contributed by atoms with Crippen LogP contribution in [0.25, 0.3) is 0 Å². The number of ether oxygens (including phenoxy) is 1. The molecule has 154 valence electrons. The third-order valence-corrected chi connectivity index (χ3v) is 5.62. The standard InChI is InChI=1S/C17H27N7O3S/c1-4-23-15(21-24(17(23)26)9-10-27-3)13-5-7-22(8-6-13)11-14(25)18-16-20-19-12(2)28-16/h13H,4-11H2,1-3H3,(H,18,20,25). The number of nitrogens with one attached hydrogen (secondary N) is 1. The van der Waals surface area contributed by atoms with Crippen molar-refractivity contribution in [3.8, 4) is 0 Å². The van der Waals surface area contributed by atoms with Gasteiger partial charge in [-0.1, -0.05) is 11.3 Å². The van der Waals surface area contributed by atoms with Crippen LogP contribution >= 0.6 is 11.3 Å². The van der Waals surface area contributed by atoms with E-state index in [-0.39, 0.29) is 17.5 Å². The molecule has 1 N–H and O–H groups in total. The van der Waals surface area contributed by atoms with Crippen LogP contribution in [0.5, 0.6) is 0 Å². The van der Waals surface area contributed by atoms with Crippen LogP contribution in [0.4, 0.5) is 5.13 Å². The molecule has 1 saturated heterocycles. The number of hydrogen-bond acceptors (Lipinski definition) is 8. The highest BCUT2D eigenvalue weighted by atomic mass is 32.1.